The number of benzene rings is 2. The molecule has 2 aromatic rings. The molecule has 0 saturated heterocycles. The fourth-order valence-corrected chi connectivity index (χ4v) is 2.47. The number of methoxy groups -OCH3 is 1. The van der Waals surface area contributed by atoms with E-state index in [9.17, 15) is 14.4 Å². The first-order valence-electron chi connectivity index (χ1n) is 8.22. The zero-order valence-electron chi connectivity index (χ0n) is 15.0. The Morgan fingerprint density at radius 3 is 2.32 bits per heavy atom. The summed E-state index contributed by atoms with van der Waals surface area (Å²) in [6, 6.07) is 11.5. The van der Waals surface area contributed by atoms with Crippen molar-refractivity contribution in [3.63, 3.8) is 0 Å². The van der Waals surface area contributed by atoms with Crippen molar-refractivity contribution in [2.24, 2.45) is 0 Å². The van der Waals surface area contributed by atoms with Crippen LogP contribution >= 0.6 is 23.2 Å². The van der Waals surface area contributed by atoms with Gasteiger partial charge in [0, 0.05) is 12.1 Å². The maximum atomic E-state index is 11.9. The van der Waals surface area contributed by atoms with Crippen LogP contribution in [0.15, 0.2) is 42.5 Å². The maximum Gasteiger partial charge on any atom is 0.306 e. The molecule has 0 saturated carbocycles. The minimum atomic E-state index is -0.669. The van der Waals surface area contributed by atoms with Crippen LogP contribution in [0.1, 0.15) is 12.8 Å². The second kappa shape index (κ2) is 10.5. The van der Waals surface area contributed by atoms with Crippen molar-refractivity contribution >= 4 is 52.4 Å². The van der Waals surface area contributed by atoms with Crippen LogP contribution in [0.4, 0.5) is 11.4 Å². The lowest BCUT2D eigenvalue weighted by atomic mass is 10.2. The van der Waals surface area contributed by atoms with E-state index in [0.29, 0.717) is 22.1 Å². The predicted octanol–water partition coefficient (Wildman–Crippen LogP) is 3.90. The lowest BCUT2D eigenvalue weighted by molar-refractivity contribution is -0.147. The Hall–Kier alpha value is -2.77. The molecule has 2 rings (SSSR count). The van der Waals surface area contributed by atoms with Crippen molar-refractivity contribution in [2.75, 3.05) is 24.4 Å². The number of esters is 1. The smallest absolute Gasteiger partial charge is 0.306 e. The third-order valence-corrected chi connectivity index (χ3v) is 4.34. The van der Waals surface area contributed by atoms with Crippen LogP contribution in [-0.4, -0.2) is 31.5 Å². The van der Waals surface area contributed by atoms with Gasteiger partial charge < -0.3 is 20.1 Å². The first-order chi connectivity index (χ1) is 13.4. The molecule has 0 atom stereocenters. The van der Waals surface area contributed by atoms with Gasteiger partial charge in [0.25, 0.3) is 5.91 Å². The molecule has 7 nitrogen and oxygen atoms in total. The summed E-state index contributed by atoms with van der Waals surface area (Å²) in [5.74, 6) is -0.923. The van der Waals surface area contributed by atoms with Crippen LogP contribution < -0.4 is 15.4 Å². The first-order valence-corrected chi connectivity index (χ1v) is 8.98. The summed E-state index contributed by atoms with van der Waals surface area (Å²) in [4.78, 5) is 35.4. The van der Waals surface area contributed by atoms with Crippen LogP contribution in [0, 0.1) is 0 Å². The first kappa shape index (κ1) is 21.5. The highest BCUT2D eigenvalue weighted by Gasteiger charge is 2.12. The van der Waals surface area contributed by atoms with E-state index in [2.05, 4.69) is 10.6 Å². The molecule has 148 valence electrons. The number of anilines is 2. The summed E-state index contributed by atoms with van der Waals surface area (Å²) in [5, 5.41) is 5.62. The standard InChI is InChI=1S/C19H18Cl2N2O5/c1-27-13-7-5-12(6-8-13)22-16(24)9-10-18(26)28-11-17(25)23-15-4-2-3-14(20)19(15)21/h2-8H,9-11H2,1H3,(H,22,24)(H,23,25). The van der Waals surface area contributed by atoms with Gasteiger partial charge in [-0.05, 0) is 36.4 Å². The minimum Gasteiger partial charge on any atom is -0.497 e. The lowest BCUT2D eigenvalue weighted by Gasteiger charge is -2.09. The van der Waals surface area contributed by atoms with Crippen molar-refractivity contribution in [3.8, 4) is 5.75 Å². The van der Waals surface area contributed by atoms with Gasteiger partial charge in [-0.25, -0.2) is 0 Å². The van der Waals surface area contributed by atoms with Crippen molar-refractivity contribution in [2.45, 2.75) is 12.8 Å². The van der Waals surface area contributed by atoms with E-state index in [0.717, 1.165) is 0 Å². The Bertz CT molecular complexity index is 856. The Balaban J connectivity index is 1.70. The quantitative estimate of drug-likeness (QED) is 0.626. The molecular weight excluding hydrogens is 407 g/mol. The molecule has 28 heavy (non-hydrogen) atoms. The van der Waals surface area contributed by atoms with E-state index in [-0.39, 0.29) is 23.8 Å². The molecular formula is C19H18Cl2N2O5. The molecule has 0 radical (unpaired) electrons. The number of amides is 2. The summed E-state index contributed by atoms with van der Waals surface area (Å²) < 4.78 is 9.88. The van der Waals surface area contributed by atoms with Gasteiger partial charge in [0.2, 0.25) is 5.91 Å². The lowest BCUT2D eigenvalue weighted by Crippen LogP contribution is -2.22. The number of hydrogen-bond acceptors (Lipinski definition) is 5. The molecule has 0 fully saturated rings. The molecule has 2 aromatic carbocycles. The molecule has 2 N–H and O–H groups in total. The van der Waals surface area contributed by atoms with E-state index in [1.165, 1.54) is 0 Å². The van der Waals surface area contributed by atoms with Crippen LogP contribution in [-0.2, 0) is 19.1 Å². The van der Waals surface area contributed by atoms with Crippen molar-refractivity contribution in [3.05, 3.63) is 52.5 Å². The molecule has 0 heterocycles. The maximum absolute atomic E-state index is 11.9. The molecule has 0 aromatic heterocycles. The number of nitrogens with one attached hydrogen (secondary N) is 2. The molecule has 0 aliphatic carbocycles. The summed E-state index contributed by atoms with van der Waals surface area (Å²) in [5.41, 5.74) is 0.894. The van der Waals surface area contributed by atoms with E-state index >= 15 is 0 Å². The number of rotatable bonds is 8. The average Bonchev–Trinajstić information content (AvgIpc) is 2.69. The van der Waals surface area contributed by atoms with Gasteiger partial charge in [0.15, 0.2) is 6.61 Å². The third-order valence-electron chi connectivity index (χ3n) is 3.52. The Labute approximate surface area is 171 Å². The normalized spacial score (nSPS) is 10.1. The highest BCUT2D eigenvalue weighted by molar-refractivity contribution is 6.44. The Kier molecular flexibility index (Phi) is 8.10. The second-order valence-electron chi connectivity index (χ2n) is 5.59. The van der Waals surface area contributed by atoms with E-state index in [1.807, 2.05) is 0 Å². The SMILES string of the molecule is COc1ccc(NC(=O)CCC(=O)OCC(=O)Nc2cccc(Cl)c2Cl)cc1. The predicted molar refractivity (Wildman–Crippen MR) is 107 cm³/mol. The number of hydrogen-bond donors (Lipinski definition) is 2. The highest BCUT2D eigenvalue weighted by atomic mass is 35.5. The van der Waals surface area contributed by atoms with Gasteiger partial charge in [-0.3, -0.25) is 14.4 Å². The van der Waals surface area contributed by atoms with Gasteiger partial charge in [-0.1, -0.05) is 29.3 Å². The average molecular weight is 425 g/mol. The van der Waals surface area contributed by atoms with Gasteiger partial charge in [0.05, 0.1) is 29.3 Å². The highest BCUT2D eigenvalue weighted by Crippen LogP contribution is 2.29. The molecule has 0 spiro atoms. The zero-order valence-corrected chi connectivity index (χ0v) is 16.5. The van der Waals surface area contributed by atoms with E-state index in [1.54, 1.807) is 49.6 Å². The zero-order chi connectivity index (χ0) is 20.5. The number of carbonyl (C=O) groups is 3. The van der Waals surface area contributed by atoms with E-state index < -0.39 is 18.5 Å². The van der Waals surface area contributed by atoms with Gasteiger partial charge in [-0.2, -0.15) is 0 Å². The molecule has 2 amide bonds. The van der Waals surface area contributed by atoms with Crippen molar-refractivity contribution in [1.82, 2.24) is 0 Å². The Morgan fingerprint density at radius 2 is 1.64 bits per heavy atom. The Morgan fingerprint density at radius 1 is 0.929 bits per heavy atom. The van der Waals surface area contributed by atoms with E-state index in [4.69, 9.17) is 32.7 Å². The number of halogens is 2. The monoisotopic (exact) mass is 424 g/mol. The third kappa shape index (κ3) is 6.75. The topological polar surface area (TPSA) is 93.7 Å². The van der Waals surface area contributed by atoms with Crippen molar-refractivity contribution in [1.29, 1.82) is 0 Å². The summed E-state index contributed by atoms with van der Waals surface area (Å²) in [7, 11) is 1.54. The molecule has 0 aliphatic rings. The molecule has 9 heteroatoms. The van der Waals surface area contributed by atoms with Crippen LogP contribution in [0.2, 0.25) is 10.0 Å². The molecule has 0 aliphatic heterocycles. The van der Waals surface area contributed by atoms with Crippen LogP contribution in [0.25, 0.3) is 0 Å². The minimum absolute atomic E-state index is 0.0768. The van der Waals surface area contributed by atoms with Crippen LogP contribution in [0.5, 0.6) is 5.75 Å². The second-order valence-corrected chi connectivity index (χ2v) is 6.37. The van der Waals surface area contributed by atoms with Gasteiger partial charge in [0.1, 0.15) is 5.75 Å². The summed E-state index contributed by atoms with van der Waals surface area (Å²) in [6.07, 6.45) is -0.236. The number of carbonyl (C=O) groups excluding carboxylic acids is 3. The summed E-state index contributed by atoms with van der Waals surface area (Å²) >= 11 is 11.8. The largest absolute Gasteiger partial charge is 0.497 e. The fourth-order valence-electron chi connectivity index (χ4n) is 2.12. The van der Waals surface area contributed by atoms with Gasteiger partial charge >= 0.3 is 5.97 Å². The molecule has 0 unspecified atom stereocenters. The van der Waals surface area contributed by atoms with Gasteiger partial charge in [-0.15, -0.1) is 0 Å². The van der Waals surface area contributed by atoms with Crippen LogP contribution in [0.3, 0.4) is 0 Å². The summed E-state index contributed by atoms with van der Waals surface area (Å²) in [6.45, 7) is -0.498. The fraction of sp³-hybridized carbons (Fsp3) is 0.211. The molecule has 0 bridgehead atoms. The van der Waals surface area contributed by atoms with Crippen molar-refractivity contribution < 1.29 is 23.9 Å². The number of ether oxygens (including phenoxy) is 2.